The van der Waals surface area contributed by atoms with Crippen molar-refractivity contribution in [3.05, 3.63) is 41.6 Å². The smallest absolute Gasteiger partial charge is 0.249 e. The summed E-state index contributed by atoms with van der Waals surface area (Å²) >= 11 is 0. The van der Waals surface area contributed by atoms with Crippen LogP contribution in [0.3, 0.4) is 0 Å². The van der Waals surface area contributed by atoms with Crippen molar-refractivity contribution < 1.29 is 22.5 Å². The maximum atomic E-state index is 12.5. The maximum absolute atomic E-state index is 12.5. The Morgan fingerprint density at radius 3 is 2.67 bits per heavy atom. The highest BCUT2D eigenvalue weighted by Crippen LogP contribution is 2.38. The minimum atomic E-state index is -3.71. The Morgan fingerprint density at radius 1 is 1.33 bits per heavy atom. The van der Waals surface area contributed by atoms with Crippen molar-refractivity contribution in [2.24, 2.45) is 5.92 Å². The second-order valence-corrected chi connectivity index (χ2v) is 9.30. The number of carbonyl (C=O) groups excluding carboxylic acids is 1. The number of methoxy groups -OCH3 is 1. The molecule has 1 aliphatic carbocycles. The third-order valence-corrected chi connectivity index (χ3v) is 6.24. The van der Waals surface area contributed by atoms with E-state index in [-0.39, 0.29) is 22.5 Å². The zero-order valence-electron chi connectivity index (χ0n) is 17.4. The summed E-state index contributed by atoms with van der Waals surface area (Å²) in [7, 11) is -0.989. The van der Waals surface area contributed by atoms with E-state index in [0.29, 0.717) is 23.2 Å². The molecule has 1 heterocycles. The lowest BCUT2D eigenvalue weighted by molar-refractivity contribution is -0.117. The van der Waals surface area contributed by atoms with Crippen LogP contribution in [0.1, 0.15) is 55.9 Å². The van der Waals surface area contributed by atoms with E-state index in [1.54, 1.807) is 6.07 Å². The highest BCUT2D eigenvalue weighted by Gasteiger charge is 2.31. The average Bonchev–Trinajstić information content (AvgIpc) is 3.47. The molecule has 1 unspecified atom stereocenters. The van der Waals surface area contributed by atoms with Gasteiger partial charge in [0.1, 0.15) is 16.7 Å². The predicted octanol–water partition coefficient (Wildman–Crippen LogP) is 2.39. The van der Waals surface area contributed by atoms with Crippen LogP contribution >= 0.6 is 0 Å². The molecule has 1 fully saturated rings. The number of benzene rings is 1. The normalized spacial score (nSPS) is 15.5. The molecule has 1 aromatic carbocycles. The van der Waals surface area contributed by atoms with Gasteiger partial charge in [-0.1, -0.05) is 25.1 Å². The largest absolute Gasteiger partial charge is 0.495 e. The van der Waals surface area contributed by atoms with Crippen LogP contribution < -0.4 is 14.8 Å². The van der Waals surface area contributed by atoms with E-state index in [4.69, 9.17) is 9.26 Å². The fraction of sp³-hybridized carbons (Fsp3) is 0.450. The van der Waals surface area contributed by atoms with Gasteiger partial charge in [-0.15, -0.1) is 0 Å². The molecule has 0 saturated heterocycles. The molecule has 1 aliphatic rings. The molecule has 30 heavy (non-hydrogen) atoms. The van der Waals surface area contributed by atoms with Crippen LogP contribution in [-0.4, -0.2) is 38.6 Å². The van der Waals surface area contributed by atoms with Crippen LogP contribution in [0.5, 0.6) is 5.75 Å². The maximum Gasteiger partial charge on any atom is 0.249 e. The summed E-state index contributed by atoms with van der Waals surface area (Å²) in [5.41, 5.74) is 0.537. The van der Waals surface area contributed by atoms with E-state index in [2.05, 4.69) is 20.2 Å². The molecule has 1 amide bonds. The number of rotatable bonds is 9. The quantitative estimate of drug-likeness (QED) is 0.581. The molecule has 2 N–H and O–H groups in total. The number of aromatic nitrogens is 2. The SMILES string of the molecule is CNS(=O)(=O)c1cc(/C=C/C(=O)NC(c2nc(C3CC3)no2)C(C)C)ccc1OC. The second-order valence-electron chi connectivity index (χ2n) is 7.45. The molecule has 2 aromatic rings. The van der Waals surface area contributed by atoms with Gasteiger partial charge in [0.05, 0.1) is 7.11 Å². The second kappa shape index (κ2) is 8.97. The van der Waals surface area contributed by atoms with Gasteiger partial charge in [-0.3, -0.25) is 4.79 Å². The van der Waals surface area contributed by atoms with Crippen LogP contribution in [0.15, 0.2) is 33.7 Å². The van der Waals surface area contributed by atoms with Crippen LogP contribution in [0.2, 0.25) is 0 Å². The summed E-state index contributed by atoms with van der Waals surface area (Å²) in [6.07, 6.45) is 5.00. The molecular formula is C20H26N4O5S. The van der Waals surface area contributed by atoms with E-state index in [9.17, 15) is 13.2 Å². The molecule has 0 bridgehead atoms. The summed E-state index contributed by atoms with van der Waals surface area (Å²) < 4.78 is 37.1. The number of ether oxygens (including phenoxy) is 1. The number of carbonyl (C=O) groups is 1. The number of nitrogens with one attached hydrogen (secondary N) is 2. The number of nitrogens with zero attached hydrogens (tertiary/aromatic N) is 2. The van der Waals surface area contributed by atoms with Crippen molar-refractivity contribution in [3.63, 3.8) is 0 Å². The zero-order valence-corrected chi connectivity index (χ0v) is 18.2. The Kier molecular flexibility index (Phi) is 6.57. The predicted molar refractivity (Wildman–Crippen MR) is 110 cm³/mol. The van der Waals surface area contributed by atoms with Crippen LogP contribution in [0, 0.1) is 5.92 Å². The molecule has 162 valence electrons. The first-order valence-corrected chi connectivity index (χ1v) is 11.2. The molecular weight excluding hydrogens is 408 g/mol. The minimum absolute atomic E-state index is 0.00594. The van der Waals surface area contributed by atoms with Gasteiger partial charge in [-0.05, 0) is 49.6 Å². The lowest BCUT2D eigenvalue weighted by atomic mass is 10.0. The van der Waals surface area contributed by atoms with Crippen molar-refractivity contribution in [2.75, 3.05) is 14.2 Å². The van der Waals surface area contributed by atoms with Gasteiger partial charge in [-0.25, -0.2) is 13.1 Å². The van der Waals surface area contributed by atoms with Gasteiger partial charge in [0.15, 0.2) is 5.82 Å². The first-order chi connectivity index (χ1) is 14.2. The van der Waals surface area contributed by atoms with Gasteiger partial charge in [0, 0.05) is 12.0 Å². The van der Waals surface area contributed by atoms with E-state index < -0.39 is 16.1 Å². The highest BCUT2D eigenvalue weighted by molar-refractivity contribution is 7.89. The van der Waals surface area contributed by atoms with Crippen LogP contribution in [-0.2, 0) is 14.8 Å². The molecule has 0 radical (unpaired) electrons. The minimum Gasteiger partial charge on any atom is -0.495 e. The van der Waals surface area contributed by atoms with Gasteiger partial charge in [0.25, 0.3) is 0 Å². The van der Waals surface area contributed by atoms with Crippen molar-refractivity contribution in [1.29, 1.82) is 0 Å². The van der Waals surface area contributed by atoms with Crippen LogP contribution in [0.4, 0.5) is 0 Å². The summed E-state index contributed by atoms with van der Waals surface area (Å²) in [5.74, 6) is 1.35. The van der Waals surface area contributed by atoms with Crippen molar-refractivity contribution in [3.8, 4) is 5.75 Å². The molecule has 10 heteroatoms. The van der Waals surface area contributed by atoms with Crippen molar-refractivity contribution in [1.82, 2.24) is 20.2 Å². The Balaban J connectivity index is 1.74. The summed E-state index contributed by atoms with van der Waals surface area (Å²) in [6, 6.07) is 4.22. The Bertz CT molecular complexity index is 1040. The fourth-order valence-corrected chi connectivity index (χ4v) is 3.81. The molecule has 3 rings (SSSR count). The first-order valence-electron chi connectivity index (χ1n) is 9.68. The van der Waals surface area contributed by atoms with E-state index >= 15 is 0 Å². The number of hydrogen-bond acceptors (Lipinski definition) is 7. The Hall–Kier alpha value is -2.72. The molecule has 0 aliphatic heterocycles. The third-order valence-electron chi connectivity index (χ3n) is 4.80. The van der Waals surface area contributed by atoms with Gasteiger partial charge in [0.2, 0.25) is 21.8 Å². The summed E-state index contributed by atoms with van der Waals surface area (Å²) in [5, 5.41) is 6.89. The monoisotopic (exact) mass is 434 g/mol. The molecule has 1 saturated carbocycles. The van der Waals surface area contributed by atoms with Crippen LogP contribution in [0.25, 0.3) is 6.08 Å². The van der Waals surface area contributed by atoms with Gasteiger partial charge >= 0.3 is 0 Å². The van der Waals surface area contributed by atoms with Gasteiger partial charge in [-0.2, -0.15) is 4.98 Å². The average molecular weight is 435 g/mol. The third kappa shape index (κ3) is 5.06. The number of sulfonamides is 1. The van der Waals surface area contributed by atoms with Gasteiger partial charge < -0.3 is 14.6 Å². The number of hydrogen-bond donors (Lipinski definition) is 2. The van der Waals surface area contributed by atoms with Crippen molar-refractivity contribution >= 4 is 22.0 Å². The molecule has 9 nitrogen and oxygen atoms in total. The lowest BCUT2D eigenvalue weighted by Gasteiger charge is -2.17. The Morgan fingerprint density at radius 2 is 2.07 bits per heavy atom. The molecule has 1 atom stereocenters. The lowest BCUT2D eigenvalue weighted by Crippen LogP contribution is -2.30. The zero-order chi connectivity index (χ0) is 21.9. The molecule has 1 aromatic heterocycles. The first kappa shape index (κ1) is 22.0. The highest BCUT2D eigenvalue weighted by atomic mass is 32.2. The summed E-state index contributed by atoms with van der Waals surface area (Å²) in [6.45, 7) is 3.90. The standard InChI is InChI=1S/C20H26N4O5S/c1-12(2)18(20-23-19(24-29-20)14-7-8-14)22-17(25)10-6-13-5-9-15(28-4)16(11-13)30(26,27)21-3/h5-6,9-12,14,18,21H,7-8H2,1-4H3,(H,22,25)/b10-6+. The topological polar surface area (TPSA) is 123 Å². The van der Waals surface area contributed by atoms with E-state index in [1.807, 2.05) is 13.8 Å². The molecule has 0 spiro atoms. The fourth-order valence-electron chi connectivity index (χ4n) is 2.88. The van der Waals surface area contributed by atoms with E-state index in [1.165, 1.54) is 38.4 Å². The van der Waals surface area contributed by atoms with Crippen molar-refractivity contribution in [2.45, 2.75) is 43.5 Å². The Labute approximate surface area is 175 Å². The number of amides is 1. The summed E-state index contributed by atoms with van der Waals surface area (Å²) in [4.78, 5) is 16.9. The van der Waals surface area contributed by atoms with E-state index in [0.717, 1.165) is 12.8 Å².